The van der Waals surface area contributed by atoms with Crippen LogP contribution >= 0.6 is 11.6 Å². The topological polar surface area (TPSA) is 167 Å². The second-order valence-electron chi connectivity index (χ2n) is 11.0. The zero-order valence-electron chi connectivity index (χ0n) is 25.3. The summed E-state index contributed by atoms with van der Waals surface area (Å²) < 4.78 is 5.70. The first-order valence-corrected chi connectivity index (χ1v) is 14.9. The molecule has 1 fully saturated rings. The molecule has 0 unspecified atom stereocenters. The number of hydrogen-bond donors (Lipinski definition) is 4. The Bertz CT molecular complexity index is 1610. The van der Waals surface area contributed by atoms with Crippen molar-refractivity contribution >= 4 is 29.3 Å². The van der Waals surface area contributed by atoms with Gasteiger partial charge in [-0.25, -0.2) is 15.6 Å². The van der Waals surface area contributed by atoms with E-state index in [9.17, 15) is 24.4 Å². The summed E-state index contributed by atoms with van der Waals surface area (Å²) >= 11 is 6.29. The van der Waals surface area contributed by atoms with Gasteiger partial charge in [0.05, 0.1) is 22.8 Å². The second-order valence-corrected chi connectivity index (χ2v) is 11.4. The normalized spacial score (nSPS) is 17.2. The van der Waals surface area contributed by atoms with Gasteiger partial charge in [0.1, 0.15) is 17.5 Å². The Morgan fingerprint density at radius 1 is 1.14 bits per heavy atom. The van der Waals surface area contributed by atoms with Crippen LogP contribution in [0, 0.1) is 19.3 Å². The zero-order valence-corrected chi connectivity index (χ0v) is 26.1. The molecule has 0 bridgehead atoms. The van der Waals surface area contributed by atoms with Crippen LogP contribution < -0.4 is 21.1 Å². The van der Waals surface area contributed by atoms with Crippen molar-refractivity contribution in [3.8, 4) is 11.5 Å². The number of nitrogens with one attached hydrogen (secondary N) is 3. The van der Waals surface area contributed by atoms with E-state index in [0.29, 0.717) is 42.1 Å². The average Bonchev–Trinajstić information content (AvgIpc) is 3.45. The quantitative estimate of drug-likeness (QED) is 0.190. The highest BCUT2D eigenvalue weighted by molar-refractivity contribution is 6.30. The molecule has 0 spiro atoms. The van der Waals surface area contributed by atoms with E-state index in [2.05, 4.69) is 20.5 Å². The number of pyridine rings is 1. The van der Waals surface area contributed by atoms with Crippen LogP contribution in [0.2, 0.25) is 5.02 Å². The number of aromatic nitrogens is 3. The molecule has 2 aromatic heterocycles. The summed E-state index contributed by atoms with van der Waals surface area (Å²) in [6.45, 7) is 8.63. The Kier molecular flexibility index (Phi) is 10.1. The van der Waals surface area contributed by atoms with E-state index in [1.54, 1.807) is 43.9 Å². The molecule has 3 atom stereocenters. The first kappa shape index (κ1) is 32.6. The molecular formula is C31H37ClN6O6. The summed E-state index contributed by atoms with van der Waals surface area (Å²) in [4.78, 5) is 58.6. The molecular weight excluding hydrogens is 588 g/mol. The van der Waals surface area contributed by atoms with Crippen molar-refractivity contribution in [2.45, 2.75) is 78.4 Å². The number of carbonyl (C=O) groups excluding carboxylic acids is 3. The number of nitrogens with zero attached hydrogens (tertiary/aromatic N) is 3. The number of hydrogen-bond acceptors (Lipinski definition) is 8. The molecule has 12 nitrogen and oxygen atoms in total. The monoisotopic (exact) mass is 624 g/mol. The van der Waals surface area contributed by atoms with Crippen LogP contribution in [0.25, 0.3) is 0 Å². The highest BCUT2D eigenvalue weighted by Crippen LogP contribution is 2.47. The zero-order chi connectivity index (χ0) is 32.2. The van der Waals surface area contributed by atoms with Crippen LogP contribution in [0.4, 0.5) is 0 Å². The smallest absolute Gasteiger partial charge is 0.307 e. The first-order valence-electron chi connectivity index (χ1n) is 14.5. The number of aryl methyl sites for hydroxylation is 2. The number of H-pyrrole nitrogens is 1. The lowest BCUT2D eigenvalue weighted by Gasteiger charge is -2.43. The number of aromatic amines is 1. The number of amides is 3. The van der Waals surface area contributed by atoms with Crippen LogP contribution in [-0.4, -0.2) is 55.1 Å². The number of halogens is 1. The number of rotatable bonds is 10. The van der Waals surface area contributed by atoms with E-state index >= 15 is 0 Å². The highest BCUT2D eigenvalue weighted by Gasteiger charge is 2.52. The van der Waals surface area contributed by atoms with Gasteiger partial charge in [-0.3, -0.25) is 24.4 Å². The maximum atomic E-state index is 14.2. The summed E-state index contributed by atoms with van der Waals surface area (Å²) in [6.07, 6.45) is 1.85. The lowest BCUT2D eigenvalue weighted by atomic mass is 9.73. The van der Waals surface area contributed by atoms with Gasteiger partial charge in [-0.2, -0.15) is 5.10 Å². The van der Waals surface area contributed by atoms with Crippen LogP contribution in [0.3, 0.4) is 0 Å². The highest BCUT2D eigenvalue weighted by atomic mass is 35.5. The predicted molar refractivity (Wildman–Crippen MR) is 163 cm³/mol. The standard InChI is InChI=1S/C31H37ClN6O6/c1-6-31(7-2,30(42)37-43)26-14-12-23(20-9-8-10-21(32)16-20)38(26)29(41)19(5)34-27(39)22-11-13-24(18(4)33-22)44-25-15-17(3)35-36-28(25)40/h8-11,13,15-16,19,23,26,43H,6-7,12,14H2,1-5H3,(H,34,39)(H,36,40)(H,37,42)/t19-,23+,26-/m1/s1. The van der Waals surface area contributed by atoms with Crippen molar-refractivity contribution in [1.82, 2.24) is 30.9 Å². The Morgan fingerprint density at radius 3 is 2.50 bits per heavy atom. The van der Waals surface area contributed by atoms with Crippen molar-refractivity contribution in [3.63, 3.8) is 0 Å². The molecule has 4 rings (SSSR count). The summed E-state index contributed by atoms with van der Waals surface area (Å²) in [5.41, 5.74) is 2.04. The fourth-order valence-corrected chi connectivity index (χ4v) is 6.22. The third kappa shape index (κ3) is 6.46. The van der Waals surface area contributed by atoms with Gasteiger partial charge in [-0.15, -0.1) is 0 Å². The van der Waals surface area contributed by atoms with Gasteiger partial charge in [0, 0.05) is 17.1 Å². The molecule has 13 heteroatoms. The second kappa shape index (κ2) is 13.6. The van der Waals surface area contributed by atoms with Crippen LogP contribution in [0.5, 0.6) is 11.5 Å². The molecule has 1 aliphatic heterocycles. The van der Waals surface area contributed by atoms with E-state index in [-0.39, 0.29) is 23.1 Å². The van der Waals surface area contributed by atoms with Gasteiger partial charge in [0.15, 0.2) is 5.75 Å². The Labute approximate surface area is 260 Å². The molecule has 3 aromatic rings. The fraction of sp³-hybridized carbons (Fsp3) is 0.419. The molecule has 0 saturated carbocycles. The predicted octanol–water partition coefficient (Wildman–Crippen LogP) is 4.39. The lowest BCUT2D eigenvalue weighted by molar-refractivity contribution is -0.150. The Morgan fingerprint density at radius 2 is 1.86 bits per heavy atom. The minimum atomic E-state index is -1.05. The molecule has 0 aliphatic carbocycles. The summed E-state index contributed by atoms with van der Waals surface area (Å²) in [7, 11) is 0. The van der Waals surface area contributed by atoms with Crippen LogP contribution in [0.1, 0.15) is 79.9 Å². The lowest BCUT2D eigenvalue weighted by Crippen LogP contribution is -2.57. The fourth-order valence-electron chi connectivity index (χ4n) is 6.02. The van der Waals surface area contributed by atoms with Gasteiger partial charge >= 0.3 is 5.56 Å². The van der Waals surface area contributed by atoms with Gasteiger partial charge in [0.25, 0.3) is 11.8 Å². The number of ether oxygens (including phenoxy) is 1. The van der Waals surface area contributed by atoms with Gasteiger partial charge in [-0.05, 0) is 76.3 Å². The van der Waals surface area contributed by atoms with Crippen molar-refractivity contribution in [1.29, 1.82) is 0 Å². The molecule has 3 heterocycles. The third-order valence-electron chi connectivity index (χ3n) is 8.43. The van der Waals surface area contributed by atoms with E-state index in [1.807, 2.05) is 25.4 Å². The van der Waals surface area contributed by atoms with Gasteiger partial charge < -0.3 is 15.0 Å². The van der Waals surface area contributed by atoms with Crippen molar-refractivity contribution in [3.05, 3.63) is 80.5 Å². The summed E-state index contributed by atoms with van der Waals surface area (Å²) in [5, 5.41) is 19.1. The van der Waals surface area contributed by atoms with Crippen LogP contribution in [-0.2, 0) is 9.59 Å². The number of benzene rings is 1. The SMILES string of the molecule is CCC(CC)(C(=O)NO)[C@H]1CC[C@@H](c2cccc(Cl)c2)N1C(=O)[C@@H](C)NC(=O)c1ccc(Oc2cc(C)n[nH]c2=O)c(C)n1. The number of likely N-dealkylation sites (tertiary alicyclic amines) is 1. The molecule has 44 heavy (non-hydrogen) atoms. The van der Waals surface area contributed by atoms with Crippen molar-refractivity contribution in [2.24, 2.45) is 5.41 Å². The summed E-state index contributed by atoms with van der Waals surface area (Å²) in [5.74, 6) is -1.20. The molecule has 1 aromatic carbocycles. The number of carbonyl (C=O) groups is 3. The van der Waals surface area contributed by atoms with E-state index in [1.165, 1.54) is 18.2 Å². The van der Waals surface area contributed by atoms with Gasteiger partial charge in [0.2, 0.25) is 5.91 Å². The molecule has 234 valence electrons. The first-order chi connectivity index (χ1) is 20.9. The maximum Gasteiger partial charge on any atom is 0.307 e. The Balaban J connectivity index is 1.59. The minimum absolute atomic E-state index is 0.0401. The minimum Gasteiger partial charge on any atom is -0.450 e. The van der Waals surface area contributed by atoms with Crippen molar-refractivity contribution < 1.29 is 24.3 Å². The molecule has 4 N–H and O–H groups in total. The average molecular weight is 625 g/mol. The Hall–Kier alpha value is -4.29. The van der Waals surface area contributed by atoms with E-state index < -0.39 is 40.9 Å². The molecule has 0 radical (unpaired) electrons. The van der Waals surface area contributed by atoms with E-state index in [4.69, 9.17) is 16.3 Å². The van der Waals surface area contributed by atoms with E-state index in [0.717, 1.165) is 5.56 Å². The molecule has 1 aliphatic rings. The van der Waals surface area contributed by atoms with Gasteiger partial charge in [-0.1, -0.05) is 37.6 Å². The summed E-state index contributed by atoms with van der Waals surface area (Å²) in [6, 6.07) is 9.75. The third-order valence-corrected chi connectivity index (χ3v) is 8.67. The maximum absolute atomic E-state index is 14.2. The molecule has 3 amide bonds. The van der Waals surface area contributed by atoms with Crippen LogP contribution in [0.15, 0.2) is 47.3 Å². The molecule has 1 saturated heterocycles. The number of hydroxylamine groups is 1. The van der Waals surface area contributed by atoms with Crippen molar-refractivity contribution in [2.75, 3.05) is 0 Å². The largest absolute Gasteiger partial charge is 0.450 e.